The molecule has 1 aromatic heterocycles. The highest BCUT2D eigenvalue weighted by Crippen LogP contribution is 2.36. The van der Waals surface area contributed by atoms with E-state index in [1.165, 1.54) is 0 Å². The maximum Gasteiger partial charge on any atom is 0.274 e. The first-order valence-corrected chi connectivity index (χ1v) is 11.1. The van der Waals surface area contributed by atoms with Crippen molar-refractivity contribution in [2.24, 2.45) is 5.92 Å². The van der Waals surface area contributed by atoms with Crippen molar-refractivity contribution >= 4 is 22.6 Å². The van der Waals surface area contributed by atoms with Gasteiger partial charge in [0.15, 0.2) is 5.78 Å². The molecule has 2 aromatic carbocycles. The second-order valence-electron chi connectivity index (χ2n) is 9.00. The standard InChI is InChI=1S/C25H25F2N3O3/c26-25(27)11-12-29(15-25)14-18-9-10-21-22(23(18)31)19-3-1-2-4-20(19)30(21)13-16-5-7-17(8-6-16)24(32)28-33/h1-8,18,33H,9-15H2,(H,28,32). The molecule has 1 unspecified atom stereocenters. The molecule has 33 heavy (non-hydrogen) atoms. The van der Waals surface area contributed by atoms with Gasteiger partial charge in [-0.1, -0.05) is 30.3 Å². The van der Waals surface area contributed by atoms with Gasteiger partial charge in [0.05, 0.1) is 6.54 Å². The van der Waals surface area contributed by atoms with E-state index in [1.54, 1.807) is 22.5 Å². The summed E-state index contributed by atoms with van der Waals surface area (Å²) in [5, 5.41) is 9.70. The number of Topliss-reactive ketones (excluding diaryl/α,β-unsaturated/α-hetero) is 1. The van der Waals surface area contributed by atoms with E-state index in [1.807, 2.05) is 36.4 Å². The number of rotatable bonds is 5. The summed E-state index contributed by atoms with van der Waals surface area (Å²) < 4.78 is 29.4. The van der Waals surface area contributed by atoms with Crippen molar-refractivity contribution in [3.05, 3.63) is 70.9 Å². The van der Waals surface area contributed by atoms with Gasteiger partial charge in [-0.2, -0.15) is 0 Å². The molecule has 0 spiro atoms. The van der Waals surface area contributed by atoms with Crippen molar-refractivity contribution in [1.29, 1.82) is 0 Å². The summed E-state index contributed by atoms with van der Waals surface area (Å²) in [4.78, 5) is 26.8. The molecule has 1 amide bonds. The van der Waals surface area contributed by atoms with E-state index in [0.717, 1.165) is 22.2 Å². The van der Waals surface area contributed by atoms with Crippen molar-refractivity contribution < 1.29 is 23.6 Å². The van der Waals surface area contributed by atoms with Crippen molar-refractivity contribution in [2.45, 2.75) is 31.7 Å². The molecule has 2 heterocycles. The van der Waals surface area contributed by atoms with Gasteiger partial charge in [0, 0.05) is 59.7 Å². The van der Waals surface area contributed by atoms with Crippen LogP contribution in [-0.4, -0.2) is 51.9 Å². The lowest BCUT2D eigenvalue weighted by atomic mass is 9.84. The molecule has 0 saturated carbocycles. The second kappa shape index (κ2) is 8.35. The van der Waals surface area contributed by atoms with Crippen LogP contribution >= 0.6 is 0 Å². The van der Waals surface area contributed by atoms with E-state index in [2.05, 4.69) is 4.57 Å². The first-order chi connectivity index (χ1) is 15.9. The van der Waals surface area contributed by atoms with Crippen molar-refractivity contribution in [3.8, 4) is 0 Å². The SMILES string of the molecule is O=C(NO)c1ccc(Cn2c3c(c4ccccc42)C(=O)C(CN2CCC(F)(F)C2)CC3)cc1. The number of nitrogens with one attached hydrogen (secondary N) is 1. The monoisotopic (exact) mass is 453 g/mol. The van der Waals surface area contributed by atoms with E-state index in [-0.39, 0.29) is 24.7 Å². The van der Waals surface area contributed by atoms with Gasteiger partial charge in [0.1, 0.15) is 0 Å². The number of hydrogen-bond acceptors (Lipinski definition) is 4. The van der Waals surface area contributed by atoms with E-state index in [0.29, 0.717) is 43.6 Å². The van der Waals surface area contributed by atoms with Gasteiger partial charge >= 0.3 is 0 Å². The molecule has 2 aliphatic rings. The van der Waals surface area contributed by atoms with Crippen LogP contribution in [0.2, 0.25) is 0 Å². The Hall–Kier alpha value is -3.10. The Morgan fingerprint density at radius 1 is 1.15 bits per heavy atom. The molecule has 0 bridgehead atoms. The molecule has 1 atom stereocenters. The number of carbonyl (C=O) groups excluding carboxylic acids is 2. The number of fused-ring (bicyclic) bond motifs is 3. The minimum Gasteiger partial charge on any atom is -0.339 e. The second-order valence-corrected chi connectivity index (χ2v) is 9.00. The predicted molar refractivity (Wildman–Crippen MR) is 119 cm³/mol. The van der Waals surface area contributed by atoms with Crippen LogP contribution in [-0.2, 0) is 13.0 Å². The zero-order valence-electron chi connectivity index (χ0n) is 18.1. The highest BCUT2D eigenvalue weighted by molar-refractivity contribution is 6.11. The quantitative estimate of drug-likeness (QED) is 0.454. The van der Waals surface area contributed by atoms with Crippen LogP contribution in [0.15, 0.2) is 48.5 Å². The fourth-order valence-electron chi connectivity index (χ4n) is 5.18. The summed E-state index contributed by atoms with van der Waals surface area (Å²) >= 11 is 0. The molecular weight excluding hydrogens is 428 g/mol. The van der Waals surface area contributed by atoms with Crippen LogP contribution in [0.5, 0.6) is 0 Å². The molecule has 1 aliphatic carbocycles. The maximum atomic E-state index is 13.6. The molecule has 8 heteroatoms. The minimum atomic E-state index is -2.66. The fourth-order valence-corrected chi connectivity index (χ4v) is 5.18. The van der Waals surface area contributed by atoms with Gasteiger partial charge in [-0.25, -0.2) is 14.3 Å². The third-order valence-corrected chi connectivity index (χ3v) is 6.81. The van der Waals surface area contributed by atoms with Crippen LogP contribution in [0.25, 0.3) is 10.9 Å². The summed E-state index contributed by atoms with van der Waals surface area (Å²) in [6.45, 7) is 0.973. The average Bonchev–Trinajstić information content (AvgIpc) is 3.32. The number of amides is 1. The number of hydroxylamine groups is 1. The lowest BCUT2D eigenvalue weighted by Crippen LogP contribution is -2.36. The number of carbonyl (C=O) groups is 2. The van der Waals surface area contributed by atoms with Crippen LogP contribution in [0, 0.1) is 5.92 Å². The number of ketones is 1. The zero-order chi connectivity index (χ0) is 23.2. The average molecular weight is 453 g/mol. The molecule has 5 rings (SSSR count). The normalized spacial score (nSPS) is 20.2. The summed E-state index contributed by atoms with van der Waals surface area (Å²) in [7, 11) is 0. The molecule has 0 radical (unpaired) electrons. The summed E-state index contributed by atoms with van der Waals surface area (Å²) in [6, 6.07) is 14.7. The molecule has 1 saturated heterocycles. The number of alkyl halides is 2. The number of likely N-dealkylation sites (tertiary alicyclic amines) is 1. The lowest BCUT2D eigenvalue weighted by molar-refractivity contribution is 0.0106. The number of hydrogen-bond donors (Lipinski definition) is 2. The van der Waals surface area contributed by atoms with Crippen molar-refractivity contribution in [3.63, 3.8) is 0 Å². The Morgan fingerprint density at radius 3 is 2.61 bits per heavy atom. The van der Waals surface area contributed by atoms with E-state index in [9.17, 15) is 18.4 Å². The lowest BCUT2D eigenvalue weighted by Gasteiger charge is -2.27. The first-order valence-electron chi connectivity index (χ1n) is 11.1. The first kappa shape index (κ1) is 21.7. The third kappa shape index (κ3) is 4.05. The number of halogens is 2. The van der Waals surface area contributed by atoms with Gasteiger partial charge in [-0.15, -0.1) is 0 Å². The molecule has 2 N–H and O–H groups in total. The van der Waals surface area contributed by atoms with E-state index >= 15 is 0 Å². The Balaban J connectivity index is 1.44. The molecule has 1 fully saturated rings. The Kier molecular flexibility index (Phi) is 5.50. The number of para-hydroxylation sites is 1. The van der Waals surface area contributed by atoms with Gasteiger partial charge < -0.3 is 4.57 Å². The fraction of sp³-hybridized carbons (Fsp3) is 0.360. The summed E-state index contributed by atoms with van der Waals surface area (Å²) in [5.74, 6) is -3.47. The van der Waals surface area contributed by atoms with Crippen molar-refractivity contribution in [1.82, 2.24) is 14.9 Å². The molecule has 3 aromatic rings. The number of nitrogens with zero attached hydrogens (tertiary/aromatic N) is 2. The van der Waals surface area contributed by atoms with Gasteiger partial charge in [-0.3, -0.25) is 19.7 Å². The smallest absolute Gasteiger partial charge is 0.274 e. The third-order valence-electron chi connectivity index (χ3n) is 6.81. The summed E-state index contributed by atoms with van der Waals surface area (Å²) in [5.41, 5.74) is 5.58. The maximum absolute atomic E-state index is 13.6. The minimum absolute atomic E-state index is 0.0383. The topological polar surface area (TPSA) is 74.6 Å². The Morgan fingerprint density at radius 2 is 1.91 bits per heavy atom. The van der Waals surface area contributed by atoms with Crippen LogP contribution in [0.4, 0.5) is 8.78 Å². The zero-order valence-corrected chi connectivity index (χ0v) is 18.1. The highest BCUT2D eigenvalue weighted by Gasteiger charge is 2.41. The molecule has 1 aliphatic heterocycles. The van der Waals surface area contributed by atoms with Gasteiger partial charge in [0.2, 0.25) is 0 Å². The highest BCUT2D eigenvalue weighted by atomic mass is 19.3. The largest absolute Gasteiger partial charge is 0.339 e. The van der Waals surface area contributed by atoms with Crippen LogP contribution in [0.3, 0.4) is 0 Å². The van der Waals surface area contributed by atoms with Crippen LogP contribution in [0.1, 0.15) is 44.8 Å². The van der Waals surface area contributed by atoms with Crippen LogP contribution < -0.4 is 5.48 Å². The predicted octanol–water partition coefficient (Wildman–Crippen LogP) is 3.89. The molecular formula is C25H25F2N3O3. The van der Waals surface area contributed by atoms with E-state index < -0.39 is 11.8 Å². The molecule has 6 nitrogen and oxygen atoms in total. The number of benzene rings is 2. The Bertz CT molecular complexity index is 1220. The summed E-state index contributed by atoms with van der Waals surface area (Å²) in [6.07, 6.45) is 1.20. The van der Waals surface area contributed by atoms with E-state index in [4.69, 9.17) is 5.21 Å². The number of aromatic nitrogens is 1. The van der Waals surface area contributed by atoms with Gasteiger partial charge in [0.25, 0.3) is 11.8 Å². The van der Waals surface area contributed by atoms with Gasteiger partial charge in [-0.05, 0) is 36.6 Å². The van der Waals surface area contributed by atoms with Crippen molar-refractivity contribution in [2.75, 3.05) is 19.6 Å². The Labute approximate surface area is 189 Å². The molecule has 172 valence electrons.